The molecule has 1 aromatic carbocycles. The molecule has 1 atom stereocenters. The molecular formula is C21H26N4O2. The van der Waals surface area contributed by atoms with Gasteiger partial charge < -0.3 is 10.4 Å². The molecule has 0 radical (unpaired) electrons. The number of hydrogen-bond donors (Lipinski definition) is 2. The van der Waals surface area contributed by atoms with Crippen LogP contribution in [0.5, 0.6) is 0 Å². The summed E-state index contributed by atoms with van der Waals surface area (Å²) >= 11 is 0. The molecule has 142 valence electrons. The SMILES string of the molecule is CC(C)n1ncc2cc(CNC(CCC(=O)O)Cc3ccccc3)cnc21. The molecule has 0 saturated heterocycles. The average Bonchev–Trinajstić information content (AvgIpc) is 3.08. The predicted molar refractivity (Wildman–Crippen MR) is 106 cm³/mol. The second-order valence-corrected chi connectivity index (χ2v) is 7.14. The molecule has 1 unspecified atom stereocenters. The van der Waals surface area contributed by atoms with Crippen molar-refractivity contribution in [2.75, 3.05) is 0 Å². The minimum atomic E-state index is -0.765. The maximum absolute atomic E-state index is 11.0. The van der Waals surface area contributed by atoms with Crippen molar-refractivity contribution in [2.45, 2.75) is 51.7 Å². The monoisotopic (exact) mass is 366 g/mol. The lowest BCUT2D eigenvalue weighted by Crippen LogP contribution is -2.31. The third kappa shape index (κ3) is 5.14. The minimum Gasteiger partial charge on any atom is -0.481 e. The number of pyridine rings is 1. The number of hydrogen-bond acceptors (Lipinski definition) is 4. The van der Waals surface area contributed by atoms with Gasteiger partial charge in [0.25, 0.3) is 0 Å². The van der Waals surface area contributed by atoms with Crippen LogP contribution in [0.1, 0.15) is 43.9 Å². The molecule has 0 spiro atoms. The van der Waals surface area contributed by atoms with E-state index >= 15 is 0 Å². The number of carboxylic acid groups (broad SMARTS) is 1. The van der Waals surface area contributed by atoms with E-state index < -0.39 is 5.97 Å². The molecular weight excluding hydrogens is 340 g/mol. The largest absolute Gasteiger partial charge is 0.481 e. The summed E-state index contributed by atoms with van der Waals surface area (Å²) in [7, 11) is 0. The molecule has 6 heteroatoms. The number of fused-ring (bicyclic) bond motifs is 1. The first-order valence-electron chi connectivity index (χ1n) is 9.34. The number of carboxylic acids is 1. The fourth-order valence-corrected chi connectivity index (χ4v) is 3.20. The van der Waals surface area contributed by atoms with Gasteiger partial charge in [0.1, 0.15) is 0 Å². The van der Waals surface area contributed by atoms with E-state index in [4.69, 9.17) is 5.11 Å². The number of nitrogens with one attached hydrogen (secondary N) is 1. The highest BCUT2D eigenvalue weighted by Gasteiger charge is 2.13. The van der Waals surface area contributed by atoms with Gasteiger partial charge in [-0.3, -0.25) is 4.79 Å². The van der Waals surface area contributed by atoms with Gasteiger partial charge in [-0.25, -0.2) is 9.67 Å². The van der Waals surface area contributed by atoms with E-state index in [9.17, 15) is 4.79 Å². The van der Waals surface area contributed by atoms with Crippen LogP contribution in [-0.4, -0.2) is 31.9 Å². The van der Waals surface area contributed by atoms with Crippen LogP contribution in [0.3, 0.4) is 0 Å². The van der Waals surface area contributed by atoms with E-state index in [0.717, 1.165) is 23.0 Å². The highest BCUT2D eigenvalue weighted by Crippen LogP contribution is 2.17. The molecule has 2 N–H and O–H groups in total. The van der Waals surface area contributed by atoms with Crippen molar-refractivity contribution in [3.8, 4) is 0 Å². The number of aliphatic carboxylic acids is 1. The molecule has 3 rings (SSSR count). The highest BCUT2D eigenvalue weighted by molar-refractivity contribution is 5.75. The van der Waals surface area contributed by atoms with Crippen molar-refractivity contribution in [2.24, 2.45) is 0 Å². The summed E-state index contributed by atoms with van der Waals surface area (Å²) in [5, 5.41) is 18.0. The summed E-state index contributed by atoms with van der Waals surface area (Å²) in [6.07, 6.45) is 5.26. The Morgan fingerprint density at radius 3 is 2.67 bits per heavy atom. The molecule has 6 nitrogen and oxygen atoms in total. The Labute approximate surface area is 159 Å². The van der Waals surface area contributed by atoms with Crippen molar-refractivity contribution in [1.29, 1.82) is 0 Å². The molecule has 3 aromatic rings. The summed E-state index contributed by atoms with van der Waals surface area (Å²) < 4.78 is 1.91. The lowest BCUT2D eigenvalue weighted by molar-refractivity contribution is -0.137. The Morgan fingerprint density at radius 1 is 1.19 bits per heavy atom. The lowest BCUT2D eigenvalue weighted by atomic mass is 10.0. The van der Waals surface area contributed by atoms with E-state index in [-0.39, 0.29) is 18.5 Å². The Kier molecular flexibility index (Phi) is 6.19. The summed E-state index contributed by atoms with van der Waals surface area (Å²) in [4.78, 5) is 15.6. The first kappa shape index (κ1) is 19.0. The van der Waals surface area contributed by atoms with Crippen molar-refractivity contribution < 1.29 is 9.90 Å². The van der Waals surface area contributed by atoms with E-state index in [1.165, 1.54) is 5.56 Å². The summed E-state index contributed by atoms with van der Waals surface area (Å²) in [5.74, 6) is -0.765. The first-order valence-corrected chi connectivity index (χ1v) is 9.34. The zero-order valence-electron chi connectivity index (χ0n) is 15.8. The van der Waals surface area contributed by atoms with E-state index in [1.54, 1.807) is 0 Å². The zero-order valence-corrected chi connectivity index (χ0v) is 15.8. The van der Waals surface area contributed by atoms with Crippen molar-refractivity contribution in [3.63, 3.8) is 0 Å². The fraction of sp³-hybridized carbons (Fsp3) is 0.381. The molecule has 0 aliphatic heterocycles. The second-order valence-electron chi connectivity index (χ2n) is 7.14. The molecule has 27 heavy (non-hydrogen) atoms. The molecule has 0 saturated carbocycles. The van der Waals surface area contributed by atoms with Crippen LogP contribution in [0.15, 0.2) is 48.8 Å². The zero-order chi connectivity index (χ0) is 19.2. The highest BCUT2D eigenvalue weighted by atomic mass is 16.4. The van der Waals surface area contributed by atoms with Gasteiger partial charge in [-0.2, -0.15) is 5.10 Å². The quantitative estimate of drug-likeness (QED) is 0.605. The Morgan fingerprint density at radius 2 is 1.96 bits per heavy atom. The van der Waals surface area contributed by atoms with Crippen LogP contribution >= 0.6 is 0 Å². The van der Waals surface area contributed by atoms with Crippen molar-refractivity contribution in [1.82, 2.24) is 20.1 Å². The van der Waals surface area contributed by atoms with Crippen LogP contribution in [-0.2, 0) is 17.8 Å². The number of benzene rings is 1. The van der Waals surface area contributed by atoms with Gasteiger partial charge >= 0.3 is 5.97 Å². The Hall–Kier alpha value is -2.73. The van der Waals surface area contributed by atoms with Gasteiger partial charge in [-0.05, 0) is 43.9 Å². The van der Waals surface area contributed by atoms with E-state index in [2.05, 4.69) is 47.4 Å². The van der Waals surface area contributed by atoms with Crippen molar-refractivity contribution >= 4 is 17.0 Å². The van der Waals surface area contributed by atoms with Gasteiger partial charge in [-0.15, -0.1) is 0 Å². The van der Waals surface area contributed by atoms with Crippen LogP contribution in [0.2, 0.25) is 0 Å². The maximum Gasteiger partial charge on any atom is 0.303 e. The van der Waals surface area contributed by atoms with Gasteiger partial charge in [-0.1, -0.05) is 30.3 Å². The first-order chi connectivity index (χ1) is 13.0. The second kappa shape index (κ2) is 8.77. The van der Waals surface area contributed by atoms with E-state index in [0.29, 0.717) is 13.0 Å². The lowest BCUT2D eigenvalue weighted by Gasteiger charge is -2.18. The van der Waals surface area contributed by atoms with Crippen LogP contribution in [0.25, 0.3) is 11.0 Å². The topological polar surface area (TPSA) is 80.0 Å². The Balaban J connectivity index is 1.68. The average molecular weight is 366 g/mol. The smallest absolute Gasteiger partial charge is 0.303 e. The summed E-state index contributed by atoms with van der Waals surface area (Å²) in [6, 6.07) is 12.6. The van der Waals surface area contributed by atoms with Gasteiger partial charge in [0, 0.05) is 36.6 Å². The van der Waals surface area contributed by atoms with Crippen LogP contribution in [0, 0.1) is 0 Å². The van der Waals surface area contributed by atoms with Crippen LogP contribution < -0.4 is 5.32 Å². The molecule has 0 aliphatic rings. The maximum atomic E-state index is 11.0. The van der Waals surface area contributed by atoms with Gasteiger partial charge in [0.2, 0.25) is 0 Å². The third-order valence-electron chi connectivity index (χ3n) is 4.61. The molecule has 0 fully saturated rings. The number of carbonyl (C=O) groups is 1. The summed E-state index contributed by atoms with van der Waals surface area (Å²) in [6.45, 7) is 4.81. The molecule has 0 amide bonds. The van der Waals surface area contributed by atoms with Crippen LogP contribution in [0.4, 0.5) is 0 Å². The fourth-order valence-electron chi connectivity index (χ4n) is 3.20. The molecule has 2 aromatic heterocycles. The third-order valence-corrected chi connectivity index (χ3v) is 4.61. The minimum absolute atomic E-state index is 0.0950. The predicted octanol–water partition coefficient (Wildman–Crippen LogP) is 3.58. The molecule has 0 bridgehead atoms. The normalized spacial score (nSPS) is 12.6. The Bertz CT molecular complexity index is 890. The standard InChI is InChI=1S/C21H26N4O2/c1-15(2)25-21-18(14-24-25)10-17(13-23-21)12-22-19(8-9-20(26)27)11-16-6-4-3-5-7-16/h3-7,10,13-15,19,22H,8-9,11-12H2,1-2H3,(H,26,27). The summed E-state index contributed by atoms with van der Waals surface area (Å²) in [5.41, 5.74) is 3.16. The molecule has 0 aliphatic carbocycles. The molecule has 2 heterocycles. The van der Waals surface area contributed by atoms with Crippen molar-refractivity contribution in [3.05, 3.63) is 59.9 Å². The van der Waals surface area contributed by atoms with Gasteiger partial charge in [0.15, 0.2) is 5.65 Å². The van der Waals surface area contributed by atoms with E-state index in [1.807, 2.05) is 35.3 Å². The number of nitrogens with zero attached hydrogens (tertiary/aromatic N) is 3. The van der Waals surface area contributed by atoms with Gasteiger partial charge in [0.05, 0.1) is 6.20 Å². The number of rotatable bonds is 9. The number of aromatic nitrogens is 3.